The molecular weight excluding hydrogens is 461 g/mol. The molecule has 10 heteroatoms. The number of benzene rings is 2. The van der Waals surface area contributed by atoms with Crippen LogP contribution in [0.5, 0.6) is 0 Å². The number of carboxylic acid groups (broad SMARTS) is 1. The number of nitrogens with one attached hydrogen (secondary N) is 1. The zero-order valence-electron chi connectivity index (χ0n) is 18.4. The molecule has 3 aromatic rings. The van der Waals surface area contributed by atoms with Gasteiger partial charge in [0.1, 0.15) is 21.7 Å². The fraction of sp³-hybridized carbons (Fsp3) is 0.208. The lowest BCUT2D eigenvalue weighted by molar-refractivity contribution is -0.139. The minimum absolute atomic E-state index is 0.184. The van der Waals surface area contributed by atoms with E-state index in [1.165, 1.54) is 24.3 Å². The van der Waals surface area contributed by atoms with E-state index < -0.39 is 33.6 Å². The molecule has 0 unspecified atom stereocenters. The monoisotopic (exact) mass is 485 g/mol. The number of rotatable bonds is 10. The van der Waals surface area contributed by atoms with Crippen molar-refractivity contribution in [2.75, 3.05) is 12.0 Å². The van der Waals surface area contributed by atoms with Gasteiger partial charge in [-0.2, -0.15) is 0 Å². The lowest BCUT2D eigenvalue weighted by Gasteiger charge is -2.16. The minimum Gasteiger partial charge on any atom is -0.480 e. The second kappa shape index (κ2) is 10.9. The quantitative estimate of drug-likeness (QED) is 0.456. The van der Waals surface area contributed by atoms with Crippen LogP contribution in [-0.2, 0) is 21.2 Å². The highest BCUT2D eigenvalue weighted by Gasteiger charge is 2.24. The fourth-order valence-electron chi connectivity index (χ4n) is 3.26. The van der Waals surface area contributed by atoms with Crippen molar-refractivity contribution in [1.82, 2.24) is 14.9 Å². The van der Waals surface area contributed by atoms with Crippen LogP contribution in [0.4, 0.5) is 4.39 Å². The highest BCUT2D eigenvalue weighted by molar-refractivity contribution is 7.90. The van der Waals surface area contributed by atoms with E-state index in [0.29, 0.717) is 17.7 Å². The maximum absolute atomic E-state index is 13.5. The Balaban J connectivity index is 1.89. The van der Waals surface area contributed by atoms with Crippen LogP contribution in [0, 0.1) is 5.82 Å². The first-order chi connectivity index (χ1) is 16.1. The van der Waals surface area contributed by atoms with Crippen molar-refractivity contribution >= 4 is 27.8 Å². The van der Waals surface area contributed by atoms with Gasteiger partial charge < -0.3 is 15.0 Å². The Labute approximate surface area is 196 Å². The first-order valence-corrected chi connectivity index (χ1v) is 12.4. The molecule has 0 spiro atoms. The summed E-state index contributed by atoms with van der Waals surface area (Å²) in [5.41, 5.74) is 2.01. The molecule has 8 nitrogen and oxygen atoms in total. The van der Waals surface area contributed by atoms with E-state index in [0.717, 1.165) is 11.8 Å². The highest BCUT2D eigenvalue weighted by atomic mass is 32.2. The molecule has 2 N–H and O–H groups in total. The number of nitrogens with zero attached hydrogens (tertiary/aromatic N) is 2. The van der Waals surface area contributed by atoms with Crippen LogP contribution < -0.4 is 5.32 Å². The summed E-state index contributed by atoms with van der Waals surface area (Å²) in [7, 11) is -3.40. The van der Waals surface area contributed by atoms with Crippen LogP contribution in [0.15, 0.2) is 67.3 Å². The van der Waals surface area contributed by atoms with Crippen molar-refractivity contribution < 1.29 is 27.5 Å². The topological polar surface area (TPSA) is 118 Å². The molecule has 178 valence electrons. The normalized spacial score (nSPS) is 12.5. The van der Waals surface area contributed by atoms with Crippen LogP contribution in [-0.4, -0.2) is 53.0 Å². The van der Waals surface area contributed by atoms with Crippen molar-refractivity contribution in [3.63, 3.8) is 0 Å². The molecule has 1 heterocycles. The van der Waals surface area contributed by atoms with Gasteiger partial charge in [-0.15, -0.1) is 0 Å². The Morgan fingerprint density at radius 2 is 1.94 bits per heavy atom. The molecule has 1 atom stereocenters. The van der Waals surface area contributed by atoms with Gasteiger partial charge in [0.25, 0.3) is 5.91 Å². The van der Waals surface area contributed by atoms with E-state index in [9.17, 15) is 27.5 Å². The molecule has 0 aliphatic carbocycles. The molecule has 0 saturated heterocycles. The standard InChI is InChI=1S/C24H24FN3O5S/c1-34(32,33)14-10-22(24(30)31)27-23(29)20-9-4-17(3-2-12-28-13-11-26-16-28)15-21(20)18-5-7-19(25)8-6-18/h2-9,11,13,15-16,22H,10,12,14H2,1H3,(H,27,29)(H,30,31)/b3-2+/t22-/m0/s1. The van der Waals surface area contributed by atoms with E-state index >= 15 is 0 Å². The van der Waals surface area contributed by atoms with Gasteiger partial charge in [0.2, 0.25) is 0 Å². The number of hydrogen-bond donors (Lipinski definition) is 2. The summed E-state index contributed by atoms with van der Waals surface area (Å²) < 4.78 is 38.2. The summed E-state index contributed by atoms with van der Waals surface area (Å²) in [5.74, 6) is -2.82. The van der Waals surface area contributed by atoms with E-state index in [1.807, 2.05) is 22.9 Å². The highest BCUT2D eigenvalue weighted by Crippen LogP contribution is 2.26. The summed E-state index contributed by atoms with van der Waals surface area (Å²) in [5, 5.41) is 11.8. The summed E-state index contributed by atoms with van der Waals surface area (Å²) in [6.07, 6.45) is 9.70. The van der Waals surface area contributed by atoms with Crippen LogP contribution in [0.1, 0.15) is 22.3 Å². The maximum atomic E-state index is 13.5. The number of allylic oxidation sites excluding steroid dienone is 1. The molecule has 0 aliphatic rings. The van der Waals surface area contributed by atoms with Gasteiger partial charge in [-0.3, -0.25) is 4.79 Å². The molecule has 0 aliphatic heterocycles. The number of aromatic nitrogens is 2. The third-order valence-electron chi connectivity index (χ3n) is 5.01. The minimum atomic E-state index is -3.40. The zero-order chi connectivity index (χ0) is 24.7. The van der Waals surface area contributed by atoms with Crippen LogP contribution in [0.3, 0.4) is 0 Å². The number of aliphatic carboxylic acids is 1. The van der Waals surface area contributed by atoms with Crippen molar-refractivity contribution in [2.24, 2.45) is 0 Å². The maximum Gasteiger partial charge on any atom is 0.326 e. The zero-order valence-corrected chi connectivity index (χ0v) is 19.2. The second-order valence-electron chi connectivity index (χ2n) is 7.76. The third kappa shape index (κ3) is 7.11. The number of carbonyl (C=O) groups is 2. The number of sulfone groups is 1. The molecule has 1 aromatic heterocycles. The number of hydrogen-bond acceptors (Lipinski definition) is 5. The van der Waals surface area contributed by atoms with Crippen LogP contribution in [0.25, 0.3) is 17.2 Å². The SMILES string of the molecule is CS(=O)(=O)CC[C@H](NC(=O)c1ccc(/C=C/Cn2ccnc2)cc1-c1ccc(F)cc1)C(=O)O. The van der Waals surface area contributed by atoms with E-state index in [1.54, 1.807) is 30.7 Å². The van der Waals surface area contributed by atoms with Gasteiger partial charge in [0, 0.05) is 30.8 Å². The summed E-state index contributed by atoms with van der Waals surface area (Å²) in [6.45, 7) is 0.592. The molecule has 3 rings (SSSR count). The first kappa shape index (κ1) is 24.8. The Morgan fingerprint density at radius 1 is 1.21 bits per heavy atom. The number of amides is 1. The Hall–Kier alpha value is -3.79. The van der Waals surface area contributed by atoms with Gasteiger partial charge in [-0.05, 0) is 47.4 Å². The Kier molecular flexibility index (Phi) is 7.95. The van der Waals surface area contributed by atoms with Crippen molar-refractivity contribution in [2.45, 2.75) is 19.0 Å². The predicted octanol–water partition coefficient (Wildman–Crippen LogP) is 3.02. The molecule has 1 amide bonds. The average molecular weight is 486 g/mol. The number of imidazole rings is 1. The molecule has 0 saturated carbocycles. The molecule has 34 heavy (non-hydrogen) atoms. The third-order valence-corrected chi connectivity index (χ3v) is 5.99. The summed E-state index contributed by atoms with van der Waals surface area (Å²) >= 11 is 0. The van der Waals surface area contributed by atoms with Crippen LogP contribution in [0.2, 0.25) is 0 Å². The molecular formula is C24H24FN3O5S. The van der Waals surface area contributed by atoms with E-state index in [-0.39, 0.29) is 17.7 Å². The van der Waals surface area contributed by atoms with Crippen molar-refractivity contribution in [3.8, 4) is 11.1 Å². The van der Waals surface area contributed by atoms with E-state index in [2.05, 4.69) is 10.3 Å². The molecule has 2 aromatic carbocycles. The lowest BCUT2D eigenvalue weighted by atomic mass is 9.96. The van der Waals surface area contributed by atoms with E-state index in [4.69, 9.17) is 0 Å². The Bertz CT molecular complexity index is 1290. The van der Waals surface area contributed by atoms with Crippen LogP contribution >= 0.6 is 0 Å². The number of carboxylic acids is 1. The molecule has 0 bridgehead atoms. The smallest absolute Gasteiger partial charge is 0.326 e. The van der Waals surface area contributed by atoms with Crippen molar-refractivity contribution in [3.05, 3.63) is 84.2 Å². The first-order valence-electron chi connectivity index (χ1n) is 10.4. The summed E-state index contributed by atoms with van der Waals surface area (Å²) in [6, 6.07) is 9.23. The van der Waals surface area contributed by atoms with Gasteiger partial charge >= 0.3 is 5.97 Å². The molecule has 0 fully saturated rings. The van der Waals surface area contributed by atoms with Gasteiger partial charge in [-0.1, -0.05) is 30.4 Å². The fourth-order valence-corrected chi connectivity index (χ4v) is 3.93. The largest absolute Gasteiger partial charge is 0.480 e. The average Bonchev–Trinajstić information content (AvgIpc) is 3.29. The second-order valence-corrected chi connectivity index (χ2v) is 10.0. The van der Waals surface area contributed by atoms with Gasteiger partial charge in [0.15, 0.2) is 0 Å². The lowest BCUT2D eigenvalue weighted by Crippen LogP contribution is -2.42. The number of halogens is 1. The number of carbonyl (C=O) groups excluding carboxylic acids is 1. The molecule has 0 radical (unpaired) electrons. The van der Waals surface area contributed by atoms with Crippen molar-refractivity contribution in [1.29, 1.82) is 0 Å². The Morgan fingerprint density at radius 3 is 2.56 bits per heavy atom. The van der Waals surface area contributed by atoms with Gasteiger partial charge in [-0.25, -0.2) is 22.6 Å². The predicted molar refractivity (Wildman–Crippen MR) is 126 cm³/mol. The summed E-state index contributed by atoms with van der Waals surface area (Å²) in [4.78, 5) is 28.6. The van der Waals surface area contributed by atoms with Gasteiger partial charge in [0.05, 0.1) is 12.1 Å².